The summed E-state index contributed by atoms with van der Waals surface area (Å²) in [7, 11) is 3.36. The van der Waals surface area contributed by atoms with E-state index in [0.717, 1.165) is 11.3 Å². The Balaban J connectivity index is 2.02. The standard InChI is InChI=1S/C15H17FN2O3/c1-8-14(15(20-3)18(2)17-8)13-7-11(19)10-6-9(16)4-5-12(10)21-13/h4-6,11,13,19H,7H2,1-3H3. The first-order valence-corrected chi connectivity index (χ1v) is 6.73. The lowest BCUT2D eigenvalue weighted by molar-refractivity contribution is 0.0637. The van der Waals surface area contributed by atoms with Crippen molar-refractivity contribution >= 4 is 0 Å². The Kier molecular flexibility index (Phi) is 3.33. The van der Waals surface area contributed by atoms with Gasteiger partial charge < -0.3 is 14.6 Å². The number of hydrogen-bond donors (Lipinski definition) is 1. The smallest absolute Gasteiger partial charge is 0.218 e. The van der Waals surface area contributed by atoms with Gasteiger partial charge in [0.15, 0.2) is 0 Å². The Morgan fingerprint density at radius 3 is 2.95 bits per heavy atom. The van der Waals surface area contributed by atoms with Gasteiger partial charge >= 0.3 is 0 Å². The zero-order valence-corrected chi connectivity index (χ0v) is 12.1. The molecule has 112 valence electrons. The first-order valence-electron chi connectivity index (χ1n) is 6.73. The molecular weight excluding hydrogens is 275 g/mol. The molecule has 0 saturated carbocycles. The number of aryl methyl sites for hydroxylation is 2. The maximum absolute atomic E-state index is 13.3. The van der Waals surface area contributed by atoms with Crippen LogP contribution in [0.1, 0.15) is 35.4 Å². The number of aliphatic hydroxyl groups is 1. The van der Waals surface area contributed by atoms with Gasteiger partial charge in [-0.25, -0.2) is 9.07 Å². The molecule has 1 N–H and O–H groups in total. The van der Waals surface area contributed by atoms with Gasteiger partial charge in [0.05, 0.1) is 24.5 Å². The number of hydrogen-bond acceptors (Lipinski definition) is 4. The van der Waals surface area contributed by atoms with Crippen molar-refractivity contribution in [2.75, 3.05) is 7.11 Å². The van der Waals surface area contributed by atoms with Gasteiger partial charge in [0, 0.05) is 19.0 Å². The van der Waals surface area contributed by atoms with Gasteiger partial charge in [0.25, 0.3) is 0 Å². The predicted octanol–water partition coefficient (Wildman–Crippen LogP) is 2.43. The molecule has 2 heterocycles. The van der Waals surface area contributed by atoms with E-state index in [0.29, 0.717) is 23.6 Å². The fourth-order valence-corrected chi connectivity index (χ4v) is 2.86. The first kappa shape index (κ1) is 13.9. The molecule has 6 heteroatoms. The third-order valence-corrected chi connectivity index (χ3v) is 3.77. The van der Waals surface area contributed by atoms with Gasteiger partial charge in [0.2, 0.25) is 5.88 Å². The highest BCUT2D eigenvalue weighted by atomic mass is 19.1. The summed E-state index contributed by atoms with van der Waals surface area (Å²) < 4.78 is 26.2. The topological polar surface area (TPSA) is 56.5 Å². The number of ether oxygens (including phenoxy) is 2. The number of methoxy groups -OCH3 is 1. The SMILES string of the molecule is COc1c(C2CC(O)c3cc(F)ccc3O2)c(C)nn1C. The maximum Gasteiger partial charge on any atom is 0.218 e. The zero-order chi connectivity index (χ0) is 15.1. The van der Waals surface area contributed by atoms with Crippen molar-refractivity contribution in [3.05, 3.63) is 40.8 Å². The molecule has 21 heavy (non-hydrogen) atoms. The van der Waals surface area contributed by atoms with Crippen molar-refractivity contribution in [1.82, 2.24) is 9.78 Å². The van der Waals surface area contributed by atoms with Crippen LogP contribution in [0.3, 0.4) is 0 Å². The van der Waals surface area contributed by atoms with Crippen molar-refractivity contribution in [3.63, 3.8) is 0 Å². The summed E-state index contributed by atoms with van der Waals surface area (Å²) in [5, 5.41) is 14.6. The van der Waals surface area contributed by atoms with Crippen LogP contribution in [0.2, 0.25) is 0 Å². The third-order valence-electron chi connectivity index (χ3n) is 3.77. The summed E-state index contributed by atoms with van der Waals surface area (Å²) in [4.78, 5) is 0. The van der Waals surface area contributed by atoms with Crippen LogP contribution >= 0.6 is 0 Å². The minimum Gasteiger partial charge on any atom is -0.485 e. The summed E-state index contributed by atoms with van der Waals surface area (Å²) >= 11 is 0. The highest BCUT2D eigenvalue weighted by Crippen LogP contribution is 2.43. The van der Waals surface area contributed by atoms with Crippen LogP contribution in [-0.2, 0) is 7.05 Å². The lowest BCUT2D eigenvalue weighted by Crippen LogP contribution is -2.20. The van der Waals surface area contributed by atoms with Crippen LogP contribution in [0.4, 0.5) is 4.39 Å². The summed E-state index contributed by atoms with van der Waals surface area (Å²) in [6, 6.07) is 4.17. The Bertz CT molecular complexity index is 684. The second-order valence-corrected chi connectivity index (χ2v) is 5.17. The number of aromatic nitrogens is 2. The molecule has 2 atom stereocenters. The molecule has 1 aliphatic heterocycles. The summed E-state index contributed by atoms with van der Waals surface area (Å²) in [6.07, 6.45) is -0.820. The van der Waals surface area contributed by atoms with E-state index >= 15 is 0 Å². The summed E-state index contributed by atoms with van der Waals surface area (Å²) in [5.74, 6) is 0.714. The molecule has 2 aromatic rings. The predicted molar refractivity (Wildman–Crippen MR) is 73.8 cm³/mol. The molecule has 5 nitrogen and oxygen atoms in total. The Morgan fingerprint density at radius 1 is 1.48 bits per heavy atom. The Hall–Kier alpha value is -2.08. The average molecular weight is 292 g/mol. The van der Waals surface area contributed by atoms with E-state index in [1.54, 1.807) is 18.8 Å². The van der Waals surface area contributed by atoms with Crippen LogP contribution in [0, 0.1) is 12.7 Å². The molecule has 2 unspecified atom stereocenters. The number of aliphatic hydroxyl groups excluding tert-OH is 1. The van der Waals surface area contributed by atoms with Gasteiger partial charge in [-0.3, -0.25) is 0 Å². The second kappa shape index (κ2) is 5.04. The van der Waals surface area contributed by atoms with E-state index in [4.69, 9.17) is 9.47 Å². The van der Waals surface area contributed by atoms with Crippen molar-refractivity contribution in [2.45, 2.75) is 25.6 Å². The average Bonchev–Trinajstić information content (AvgIpc) is 2.73. The van der Waals surface area contributed by atoms with E-state index < -0.39 is 6.10 Å². The maximum atomic E-state index is 13.3. The first-order chi connectivity index (χ1) is 10.0. The van der Waals surface area contributed by atoms with Crippen molar-refractivity contribution in [1.29, 1.82) is 0 Å². The van der Waals surface area contributed by atoms with Crippen LogP contribution in [0.25, 0.3) is 0 Å². The minimum absolute atomic E-state index is 0.333. The highest BCUT2D eigenvalue weighted by Gasteiger charge is 2.33. The van der Waals surface area contributed by atoms with Gasteiger partial charge in [-0.05, 0) is 25.1 Å². The molecule has 0 amide bonds. The lowest BCUT2D eigenvalue weighted by Gasteiger charge is -2.29. The third kappa shape index (κ3) is 2.25. The van der Waals surface area contributed by atoms with Crippen molar-refractivity contribution in [3.8, 4) is 11.6 Å². The molecule has 0 spiro atoms. The molecule has 3 rings (SSSR count). The minimum atomic E-state index is -0.779. The molecule has 1 aromatic heterocycles. The van der Waals surface area contributed by atoms with E-state index in [1.807, 2.05) is 6.92 Å². The number of benzene rings is 1. The summed E-state index contributed by atoms with van der Waals surface area (Å²) in [6.45, 7) is 1.87. The molecular formula is C15H17FN2O3. The van der Waals surface area contributed by atoms with Gasteiger partial charge in [-0.15, -0.1) is 0 Å². The molecule has 0 aliphatic carbocycles. The van der Waals surface area contributed by atoms with Crippen LogP contribution in [0.15, 0.2) is 18.2 Å². The number of rotatable bonds is 2. The Labute approximate surface area is 121 Å². The van der Waals surface area contributed by atoms with Crippen LogP contribution in [0.5, 0.6) is 11.6 Å². The van der Waals surface area contributed by atoms with Crippen LogP contribution in [-0.4, -0.2) is 22.0 Å². The highest BCUT2D eigenvalue weighted by molar-refractivity contribution is 5.41. The normalized spacial score (nSPS) is 20.8. The van der Waals surface area contributed by atoms with Gasteiger partial charge in [0.1, 0.15) is 17.7 Å². The molecule has 0 bridgehead atoms. The fourth-order valence-electron chi connectivity index (χ4n) is 2.86. The monoisotopic (exact) mass is 292 g/mol. The quantitative estimate of drug-likeness (QED) is 0.923. The zero-order valence-electron chi connectivity index (χ0n) is 12.1. The Morgan fingerprint density at radius 2 is 2.24 bits per heavy atom. The number of halogens is 1. The van der Waals surface area contributed by atoms with Gasteiger partial charge in [-0.1, -0.05) is 0 Å². The molecule has 0 fully saturated rings. The fraction of sp³-hybridized carbons (Fsp3) is 0.400. The van der Waals surface area contributed by atoms with Gasteiger partial charge in [-0.2, -0.15) is 5.10 Å². The van der Waals surface area contributed by atoms with Crippen molar-refractivity contribution < 1.29 is 19.0 Å². The summed E-state index contributed by atoms with van der Waals surface area (Å²) in [5.41, 5.74) is 2.08. The second-order valence-electron chi connectivity index (χ2n) is 5.17. The molecule has 1 aliphatic rings. The van der Waals surface area contributed by atoms with Crippen LogP contribution < -0.4 is 9.47 Å². The van der Waals surface area contributed by atoms with Crippen molar-refractivity contribution in [2.24, 2.45) is 7.05 Å². The number of fused-ring (bicyclic) bond motifs is 1. The largest absolute Gasteiger partial charge is 0.485 e. The van der Waals surface area contributed by atoms with E-state index in [1.165, 1.54) is 18.2 Å². The lowest BCUT2D eigenvalue weighted by atomic mass is 9.95. The molecule has 1 aromatic carbocycles. The van der Waals surface area contributed by atoms with E-state index in [9.17, 15) is 9.50 Å². The molecule has 0 saturated heterocycles. The van der Waals surface area contributed by atoms with E-state index in [-0.39, 0.29) is 11.9 Å². The number of nitrogens with zero attached hydrogens (tertiary/aromatic N) is 2. The van der Waals surface area contributed by atoms with E-state index in [2.05, 4.69) is 5.10 Å². The molecule has 0 radical (unpaired) electrons.